The summed E-state index contributed by atoms with van der Waals surface area (Å²) in [5.74, 6) is 0.425. The van der Waals surface area contributed by atoms with Crippen LogP contribution in [-0.2, 0) is 0 Å². The first-order valence-corrected chi connectivity index (χ1v) is 9.65. The number of nitrogens with one attached hydrogen (secondary N) is 1. The van der Waals surface area contributed by atoms with Gasteiger partial charge in [0.1, 0.15) is 5.52 Å². The second-order valence-corrected chi connectivity index (χ2v) is 7.50. The molecule has 0 amide bonds. The Bertz CT molecular complexity index is 1240. The Balaban J connectivity index is 1.62. The highest BCUT2D eigenvalue weighted by molar-refractivity contribution is 5.74. The van der Waals surface area contributed by atoms with Gasteiger partial charge in [-0.25, -0.2) is 4.98 Å². The molecule has 29 heavy (non-hydrogen) atoms. The molecule has 0 bridgehead atoms. The second kappa shape index (κ2) is 6.80. The summed E-state index contributed by atoms with van der Waals surface area (Å²) in [5, 5.41) is 14.8. The number of rotatable bonds is 4. The fourth-order valence-corrected chi connectivity index (χ4v) is 3.91. The van der Waals surface area contributed by atoms with Crippen molar-refractivity contribution in [2.45, 2.75) is 31.7 Å². The molecule has 0 radical (unpaired) electrons. The van der Waals surface area contributed by atoms with Crippen LogP contribution in [0.2, 0.25) is 0 Å². The number of hydrogen-bond acceptors (Lipinski definition) is 8. The van der Waals surface area contributed by atoms with E-state index in [-0.39, 0.29) is 17.2 Å². The van der Waals surface area contributed by atoms with Gasteiger partial charge in [0.2, 0.25) is 11.6 Å². The van der Waals surface area contributed by atoms with E-state index in [0.29, 0.717) is 17.1 Å². The van der Waals surface area contributed by atoms with Gasteiger partial charge in [0.25, 0.3) is 5.56 Å². The lowest BCUT2D eigenvalue weighted by Gasteiger charge is -2.17. The van der Waals surface area contributed by atoms with E-state index in [9.17, 15) is 4.79 Å². The van der Waals surface area contributed by atoms with Crippen LogP contribution in [0.3, 0.4) is 0 Å². The largest absolute Gasteiger partial charge is 0.378 e. The standard InChI is InChI=1S/C19H21N9O/c1-26(2)13-9-7-12(8-10-13)21-19-20-11-15-16(22-19)27(14-5-3-4-6-14)18(29)17-23-24-25-28(15)17/h7-11,14H,3-6H2,1-2H3,(H,20,21,22). The Hall–Kier alpha value is -3.56. The fraction of sp³-hybridized carbons (Fsp3) is 0.368. The van der Waals surface area contributed by atoms with Crippen LogP contribution in [0, 0.1) is 0 Å². The molecule has 0 spiro atoms. The first kappa shape index (κ1) is 17.5. The molecular weight excluding hydrogens is 370 g/mol. The number of benzene rings is 1. The van der Waals surface area contributed by atoms with Crippen LogP contribution in [-0.4, -0.2) is 48.7 Å². The molecule has 1 fully saturated rings. The van der Waals surface area contributed by atoms with E-state index in [1.807, 2.05) is 43.3 Å². The molecule has 1 aliphatic rings. The van der Waals surface area contributed by atoms with Crippen molar-refractivity contribution in [3.05, 3.63) is 40.8 Å². The highest BCUT2D eigenvalue weighted by Gasteiger charge is 2.24. The lowest BCUT2D eigenvalue weighted by Crippen LogP contribution is -2.27. The fourth-order valence-electron chi connectivity index (χ4n) is 3.91. The van der Waals surface area contributed by atoms with Crippen molar-refractivity contribution >= 4 is 34.1 Å². The lowest BCUT2D eigenvalue weighted by atomic mass is 10.2. The number of tetrazole rings is 1. The highest BCUT2D eigenvalue weighted by atomic mass is 16.1. The van der Waals surface area contributed by atoms with Gasteiger partial charge < -0.3 is 10.2 Å². The van der Waals surface area contributed by atoms with E-state index in [1.54, 1.807) is 10.8 Å². The van der Waals surface area contributed by atoms with Crippen LogP contribution in [0.25, 0.3) is 16.8 Å². The van der Waals surface area contributed by atoms with Gasteiger partial charge in [-0.1, -0.05) is 12.8 Å². The van der Waals surface area contributed by atoms with Crippen LogP contribution < -0.4 is 15.8 Å². The molecule has 10 heteroatoms. The summed E-state index contributed by atoms with van der Waals surface area (Å²) < 4.78 is 3.16. The van der Waals surface area contributed by atoms with Crippen LogP contribution in [0.5, 0.6) is 0 Å². The van der Waals surface area contributed by atoms with E-state index in [0.717, 1.165) is 37.1 Å². The predicted molar refractivity (Wildman–Crippen MR) is 110 cm³/mol. The van der Waals surface area contributed by atoms with Crippen LogP contribution in [0.15, 0.2) is 35.3 Å². The molecule has 1 aliphatic carbocycles. The summed E-state index contributed by atoms with van der Waals surface area (Å²) in [4.78, 5) is 24.2. The third kappa shape index (κ3) is 2.96. The Morgan fingerprint density at radius 1 is 1.10 bits per heavy atom. The summed E-state index contributed by atoms with van der Waals surface area (Å²) in [7, 11) is 3.99. The average Bonchev–Trinajstić information content (AvgIpc) is 3.41. The molecule has 1 aromatic carbocycles. The first-order valence-electron chi connectivity index (χ1n) is 9.65. The normalized spacial score (nSPS) is 14.7. The number of aromatic nitrogens is 7. The summed E-state index contributed by atoms with van der Waals surface area (Å²) in [6.07, 6.45) is 5.76. The number of fused-ring (bicyclic) bond motifs is 3. The van der Waals surface area contributed by atoms with Gasteiger partial charge in [0, 0.05) is 31.5 Å². The molecule has 10 nitrogen and oxygen atoms in total. The quantitative estimate of drug-likeness (QED) is 0.564. The number of hydrogen-bond donors (Lipinski definition) is 1. The van der Waals surface area contributed by atoms with Gasteiger partial charge >= 0.3 is 0 Å². The monoisotopic (exact) mass is 391 g/mol. The molecule has 0 atom stereocenters. The van der Waals surface area contributed by atoms with Gasteiger partial charge in [-0.15, -0.1) is 5.10 Å². The maximum atomic E-state index is 13.1. The minimum atomic E-state index is -0.214. The summed E-state index contributed by atoms with van der Waals surface area (Å²) in [5.41, 5.74) is 3.12. The molecule has 0 saturated heterocycles. The molecule has 3 aromatic heterocycles. The number of nitrogens with zero attached hydrogens (tertiary/aromatic N) is 8. The highest BCUT2D eigenvalue weighted by Crippen LogP contribution is 2.30. The zero-order valence-corrected chi connectivity index (χ0v) is 16.3. The van der Waals surface area contributed by atoms with Crippen molar-refractivity contribution in [3.63, 3.8) is 0 Å². The Morgan fingerprint density at radius 2 is 1.86 bits per heavy atom. The van der Waals surface area contributed by atoms with Crippen LogP contribution >= 0.6 is 0 Å². The Kier molecular flexibility index (Phi) is 4.11. The zero-order valence-electron chi connectivity index (χ0n) is 16.3. The molecule has 1 saturated carbocycles. The summed E-state index contributed by atoms with van der Waals surface area (Å²) in [6.45, 7) is 0. The first-order chi connectivity index (χ1) is 14.1. The Labute approximate surface area is 166 Å². The molecular formula is C19H21N9O. The maximum Gasteiger partial charge on any atom is 0.299 e. The van der Waals surface area contributed by atoms with E-state index < -0.39 is 0 Å². The minimum Gasteiger partial charge on any atom is -0.378 e. The van der Waals surface area contributed by atoms with Crippen LogP contribution in [0.1, 0.15) is 31.7 Å². The molecule has 148 valence electrons. The molecule has 4 aromatic rings. The topological polar surface area (TPSA) is 106 Å². The Morgan fingerprint density at radius 3 is 2.59 bits per heavy atom. The van der Waals surface area contributed by atoms with Crippen molar-refractivity contribution in [1.29, 1.82) is 0 Å². The summed E-state index contributed by atoms with van der Waals surface area (Å²) >= 11 is 0. The van der Waals surface area contributed by atoms with E-state index in [1.165, 1.54) is 4.52 Å². The predicted octanol–water partition coefficient (Wildman–Crippen LogP) is 2.15. The van der Waals surface area contributed by atoms with Crippen molar-refractivity contribution in [2.24, 2.45) is 0 Å². The summed E-state index contributed by atoms with van der Waals surface area (Å²) in [6, 6.07) is 8.08. The smallest absolute Gasteiger partial charge is 0.299 e. The van der Waals surface area contributed by atoms with Gasteiger partial charge in [-0.3, -0.25) is 9.36 Å². The maximum absolute atomic E-state index is 13.1. The van der Waals surface area contributed by atoms with Crippen molar-refractivity contribution < 1.29 is 0 Å². The van der Waals surface area contributed by atoms with E-state index >= 15 is 0 Å². The van der Waals surface area contributed by atoms with E-state index in [4.69, 9.17) is 0 Å². The van der Waals surface area contributed by atoms with Gasteiger partial charge in [0.05, 0.1) is 6.20 Å². The minimum absolute atomic E-state index is 0.105. The van der Waals surface area contributed by atoms with Gasteiger partial charge in [0.15, 0.2) is 5.65 Å². The van der Waals surface area contributed by atoms with Crippen LogP contribution in [0.4, 0.5) is 17.3 Å². The van der Waals surface area contributed by atoms with Crippen molar-refractivity contribution in [1.82, 2.24) is 34.6 Å². The van der Waals surface area contributed by atoms with Crippen molar-refractivity contribution in [3.8, 4) is 0 Å². The van der Waals surface area contributed by atoms with Crippen molar-refractivity contribution in [2.75, 3.05) is 24.3 Å². The molecule has 3 heterocycles. The number of anilines is 3. The second-order valence-electron chi connectivity index (χ2n) is 7.50. The third-order valence-electron chi connectivity index (χ3n) is 5.42. The lowest BCUT2D eigenvalue weighted by molar-refractivity contribution is 0.515. The molecule has 0 unspecified atom stereocenters. The van der Waals surface area contributed by atoms with Gasteiger partial charge in [-0.05, 0) is 47.5 Å². The SMILES string of the molecule is CN(C)c1ccc(Nc2ncc3c(n2)n(C2CCCC2)c(=O)c2nnnn23)cc1. The van der Waals surface area contributed by atoms with E-state index in [2.05, 4.69) is 30.8 Å². The molecule has 5 rings (SSSR count). The average molecular weight is 391 g/mol. The third-order valence-corrected chi connectivity index (χ3v) is 5.42. The molecule has 1 N–H and O–H groups in total. The zero-order chi connectivity index (χ0) is 20.0. The molecule has 0 aliphatic heterocycles. The van der Waals surface area contributed by atoms with Gasteiger partial charge in [-0.2, -0.15) is 9.50 Å².